The van der Waals surface area contributed by atoms with Crippen molar-refractivity contribution in [1.82, 2.24) is 0 Å². The number of rotatable bonds is 1. The minimum absolute atomic E-state index is 0.258. The number of cyclic esters (lactones) is 1. The highest BCUT2D eigenvalue weighted by Crippen LogP contribution is 2.26. The lowest BCUT2D eigenvalue weighted by molar-refractivity contribution is 0.181. The van der Waals surface area contributed by atoms with Gasteiger partial charge >= 0.3 is 6.09 Å². The Morgan fingerprint density at radius 2 is 2.29 bits per heavy atom. The summed E-state index contributed by atoms with van der Waals surface area (Å²) in [4.78, 5) is 13.0. The van der Waals surface area contributed by atoms with Crippen LogP contribution in [0.25, 0.3) is 0 Å². The van der Waals surface area contributed by atoms with Crippen LogP contribution in [0.1, 0.15) is 5.56 Å². The maximum absolute atomic E-state index is 11.3. The van der Waals surface area contributed by atoms with Gasteiger partial charge in [-0.25, -0.2) is 4.79 Å². The molecule has 0 atom stereocenters. The fraction of sp³-hybridized carbons (Fsp3) is 0.300. The number of aryl methyl sites for hydroxylation is 1. The molecule has 1 aromatic rings. The third-order valence-corrected chi connectivity index (χ3v) is 2.72. The van der Waals surface area contributed by atoms with Crippen molar-refractivity contribution < 1.29 is 9.53 Å². The van der Waals surface area contributed by atoms with Crippen LogP contribution in [-0.2, 0) is 4.74 Å². The number of carbonyl (C=O) groups is 1. The maximum atomic E-state index is 11.3. The van der Waals surface area contributed by atoms with Gasteiger partial charge < -0.3 is 4.74 Å². The van der Waals surface area contributed by atoms with Crippen molar-refractivity contribution >= 4 is 27.7 Å². The lowest BCUT2D eigenvalue weighted by Crippen LogP contribution is -2.24. The van der Waals surface area contributed by atoms with Crippen molar-refractivity contribution in [2.45, 2.75) is 6.92 Å². The molecule has 0 radical (unpaired) electrons. The number of halogens is 1. The molecule has 1 aliphatic heterocycles. The molecule has 2 rings (SSSR count). The topological polar surface area (TPSA) is 29.5 Å². The van der Waals surface area contributed by atoms with Gasteiger partial charge in [-0.3, -0.25) is 4.90 Å². The first kappa shape index (κ1) is 9.52. The van der Waals surface area contributed by atoms with E-state index in [-0.39, 0.29) is 6.09 Å². The van der Waals surface area contributed by atoms with Gasteiger partial charge in [0.1, 0.15) is 6.61 Å². The molecule has 0 bridgehead atoms. The first-order valence-corrected chi connectivity index (χ1v) is 5.18. The van der Waals surface area contributed by atoms with Gasteiger partial charge in [-0.05, 0) is 24.6 Å². The predicted molar refractivity (Wildman–Crippen MR) is 57.6 cm³/mol. The summed E-state index contributed by atoms with van der Waals surface area (Å²) in [6.45, 7) is 3.09. The molecule has 0 saturated carbocycles. The summed E-state index contributed by atoms with van der Waals surface area (Å²) in [6.07, 6.45) is -0.258. The number of hydrogen-bond acceptors (Lipinski definition) is 2. The van der Waals surface area contributed by atoms with Crippen LogP contribution in [0.5, 0.6) is 0 Å². The van der Waals surface area contributed by atoms with Crippen LogP contribution in [-0.4, -0.2) is 19.2 Å². The lowest BCUT2D eigenvalue weighted by Gasteiger charge is -2.15. The number of nitrogens with zero attached hydrogens (tertiary/aromatic N) is 1. The molecule has 0 aliphatic carbocycles. The largest absolute Gasteiger partial charge is 0.447 e. The van der Waals surface area contributed by atoms with E-state index < -0.39 is 0 Å². The van der Waals surface area contributed by atoms with Crippen LogP contribution < -0.4 is 4.90 Å². The van der Waals surface area contributed by atoms with E-state index in [0.29, 0.717) is 13.2 Å². The van der Waals surface area contributed by atoms with Gasteiger partial charge in [-0.2, -0.15) is 0 Å². The Bertz CT molecular complexity index is 378. The van der Waals surface area contributed by atoms with Crippen molar-refractivity contribution in [1.29, 1.82) is 0 Å². The molecule has 0 unspecified atom stereocenters. The van der Waals surface area contributed by atoms with Crippen LogP contribution in [0.2, 0.25) is 0 Å². The van der Waals surface area contributed by atoms with Gasteiger partial charge in [0.15, 0.2) is 0 Å². The van der Waals surface area contributed by atoms with E-state index in [2.05, 4.69) is 15.9 Å². The Kier molecular flexibility index (Phi) is 2.46. The summed E-state index contributed by atoms with van der Waals surface area (Å²) in [7, 11) is 0. The molecule has 1 saturated heterocycles. The number of anilines is 1. The first-order chi connectivity index (χ1) is 6.68. The molecule has 4 heteroatoms. The molecule has 3 nitrogen and oxygen atoms in total. The zero-order valence-electron chi connectivity index (χ0n) is 7.79. The second-order valence-corrected chi connectivity index (χ2v) is 4.11. The third kappa shape index (κ3) is 1.62. The molecule has 1 heterocycles. The monoisotopic (exact) mass is 255 g/mol. The molecule has 74 valence electrons. The van der Waals surface area contributed by atoms with Crippen LogP contribution in [0, 0.1) is 6.92 Å². The highest BCUT2D eigenvalue weighted by atomic mass is 79.9. The van der Waals surface area contributed by atoms with E-state index >= 15 is 0 Å². The standard InChI is InChI=1S/C10H10BrNO2/c1-7-2-3-8(11)6-9(7)12-4-5-14-10(12)13/h2-3,6H,4-5H2,1H3. The average Bonchev–Trinajstić information content (AvgIpc) is 2.56. The first-order valence-electron chi connectivity index (χ1n) is 4.39. The van der Waals surface area contributed by atoms with Gasteiger partial charge in [-0.15, -0.1) is 0 Å². The fourth-order valence-corrected chi connectivity index (χ4v) is 1.83. The normalized spacial score (nSPS) is 15.9. The molecule has 0 aromatic heterocycles. The summed E-state index contributed by atoms with van der Waals surface area (Å²) in [5, 5.41) is 0. The Balaban J connectivity index is 2.39. The molecule has 1 fully saturated rings. The van der Waals surface area contributed by atoms with E-state index in [9.17, 15) is 4.79 Å². The number of amides is 1. The molecule has 1 aromatic carbocycles. The Labute approximate surface area is 90.8 Å². The van der Waals surface area contributed by atoms with Gasteiger partial charge in [0.2, 0.25) is 0 Å². The van der Waals surface area contributed by atoms with E-state index in [1.165, 1.54) is 0 Å². The summed E-state index contributed by atoms with van der Waals surface area (Å²) in [6, 6.07) is 5.87. The minimum atomic E-state index is -0.258. The smallest absolute Gasteiger partial charge is 0.414 e. The van der Waals surface area contributed by atoms with E-state index in [4.69, 9.17) is 4.74 Å². The maximum Gasteiger partial charge on any atom is 0.414 e. The molecule has 0 spiro atoms. The van der Waals surface area contributed by atoms with Gasteiger partial charge in [-0.1, -0.05) is 22.0 Å². The quantitative estimate of drug-likeness (QED) is 0.773. The molecular formula is C10H10BrNO2. The Morgan fingerprint density at radius 1 is 1.50 bits per heavy atom. The van der Waals surface area contributed by atoms with E-state index in [1.54, 1.807) is 4.90 Å². The van der Waals surface area contributed by atoms with Crippen molar-refractivity contribution in [2.75, 3.05) is 18.1 Å². The summed E-state index contributed by atoms with van der Waals surface area (Å²) in [5.74, 6) is 0. The van der Waals surface area contributed by atoms with Crippen LogP contribution in [0.3, 0.4) is 0 Å². The van der Waals surface area contributed by atoms with Crippen molar-refractivity contribution in [3.8, 4) is 0 Å². The van der Waals surface area contributed by atoms with Crippen molar-refractivity contribution in [2.24, 2.45) is 0 Å². The number of ether oxygens (including phenoxy) is 1. The second kappa shape index (κ2) is 3.61. The van der Waals surface area contributed by atoms with E-state index in [1.807, 2.05) is 25.1 Å². The van der Waals surface area contributed by atoms with Gasteiger partial charge in [0.05, 0.1) is 12.2 Å². The molecule has 1 amide bonds. The van der Waals surface area contributed by atoms with Gasteiger partial charge in [0, 0.05) is 4.47 Å². The number of carbonyl (C=O) groups excluding carboxylic acids is 1. The van der Waals surface area contributed by atoms with Crippen LogP contribution >= 0.6 is 15.9 Å². The molecular weight excluding hydrogens is 246 g/mol. The molecule has 1 aliphatic rings. The lowest BCUT2D eigenvalue weighted by atomic mass is 10.2. The number of hydrogen-bond donors (Lipinski definition) is 0. The molecule has 14 heavy (non-hydrogen) atoms. The average molecular weight is 256 g/mol. The Morgan fingerprint density at radius 3 is 2.93 bits per heavy atom. The summed E-state index contributed by atoms with van der Waals surface area (Å²) >= 11 is 3.38. The molecule has 0 N–H and O–H groups in total. The SMILES string of the molecule is Cc1ccc(Br)cc1N1CCOC1=O. The summed E-state index contributed by atoms with van der Waals surface area (Å²) in [5.41, 5.74) is 1.99. The summed E-state index contributed by atoms with van der Waals surface area (Å²) < 4.78 is 5.86. The van der Waals surface area contributed by atoms with E-state index in [0.717, 1.165) is 15.7 Å². The Hall–Kier alpha value is -1.03. The highest BCUT2D eigenvalue weighted by Gasteiger charge is 2.24. The van der Waals surface area contributed by atoms with Crippen LogP contribution in [0.15, 0.2) is 22.7 Å². The van der Waals surface area contributed by atoms with Crippen LogP contribution in [0.4, 0.5) is 10.5 Å². The fourth-order valence-electron chi connectivity index (χ4n) is 1.49. The minimum Gasteiger partial charge on any atom is -0.447 e. The third-order valence-electron chi connectivity index (χ3n) is 2.22. The predicted octanol–water partition coefficient (Wildman–Crippen LogP) is 2.71. The van der Waals surface area contributed by atoms with Crippen molar-refractivity contribution in [3.63, 3.8) is 0 Å². The zero-order valence-corrected chi connectivity index (χ0v) is 9.37. The second-order valence-electron chi connectivity index (χ2n) is 3.20. The zero-order chi connectivity index (χ0) is 10.1. The number of benzene rings is 1. The highest BCUT2D eigenvalue weighted by molar-refractivity contribution is 9.10. The van der Waals surface area contributed by atoms with Gasteiger partial charge in [0.25, 0.3) is 0 Å². The van der Waals surface area contributed by atoms with Crippen molar-refractivity contribution in [3.05, 3.63) is 28.2 Å².